The molecule has 0 saturated heterocycles. The number of hydrogen-bond donors (Lipinski definition) is 1. The Morgan fingerprint density at radius 3 is 2.56 bits per heavy atom. The average Bonchev–Trinajstić information content (AvgIpc) is 3.25. The monoisotopic (exact) mass is 449 g/mol. The first-order valence-corrected chi connectivity index (χ1v) is 11.1. The summed E-state index contributed by atoms with van der Waals surface area (Å²) in [5.74, 6) is 1.82. The number of imidazole rings is 1. The molecule has 0 aliphatic rings. The smallest absolute Gasteiger partial charge is 0.165 e. The van der Waals surface area contributed by atoms with Crippen LogP contribution in [0.25, 0.3) is 22.7 Å². The van der Waals surface area contributed by atoms with Gasteiger partial charge in [-0.2, -0.15) is 5.26 Å². The van der Waals surface area contributed by atoms with Crippen molar-refractivity contribution in [1.29, 1.82) is 5.26 Å². The van der Waals surface area contributed by atoms with Gasteiger partial charge < -0.3 is 14.5 Å². The van der Waals surface area contributed by atoms with Crippen molar-refractivity contribution < 1.29 is 9.47 Å². The van der Waals surface area contributed by atoms with E-state index in [1.807, 2.05) is 49.4 Å². The molecular weight excluding hydrogens is 422 g/mol. The van der Waals surface area contributed by atoms with Crippen molar-refractivity contribution in [3.8, 4) is 17.6 Å². The number of aryl methyl sites for hydroxylation is 2. The third kappa shape index (κ3) is 5.02. The van der Waals surface area contributed by atoms with Gasteiger partial charge in [-0.3, -0.25) is 0 Å². The molecule has 4 rings (SSSR count). The Kier molecular flexibility index (Phi) is 6.79. The van der Waals surface area contributed by atoms with Gasteiger partial charge in [0.25, 0.3) is 0 Å². The number of methoxy groups -OCH3 is 1. The van der Waals surface area contributed by atoms with Crippen molar-refractivity contribution >= 4 is 22.7 Å². The molecule has 0 fully saturated rings. The molecule has 1 N–H and O–H groups in total. The highest BCUT2D eigenvalue weighted by molar-refractivity contribution is 5.90. The van der Waals surface area contributed by atoms with E-state index in [0.717, 1.165) is 33.3 Å². The number of aromatic nitrogens is 2. The molecule has 5 nitrogen and oxygen atoms in total. The van der Waals surface area contributed by atoms with Gasteiger partial charge in [-0.25, -0.2) is 4.98 Å². The predicted octanol–water partition coefficient (Wildman–Crippen LogP) is 6.56. The van der Waals surface area contributed by atoms with Crippen LogP contribution in [0.2, 0.25) is 0 Å². The molecule has 1 aromatic heterocycles. The Morgan fingerprint density at radius 1 is 1.09 bits per heavy atom. The average molecular weight is 450 g/mol. The minimum Gasteiger partial charge on any atom is -0.493 e. The highest BCUT2D eigenvalue weighted by Gasteiger charge is 2.14. The van der Waals surface area contributed by atoms with Crippen LogP contribution >= 0.6 is 0 Å². The maximum Gasteiger partial charge on any atom is 0.165 e. The van der Waals surface area contributed by atoms with E-state index in [1.165, 1.54) is 5.56 Å². The number of nitriles is 1. The van der Waals surface area contributed by atoms with Gasteiger partial charge in [-0.15, -0.1) is 6.58 Å². The lowest BCUT2D eigenvalue weighted by molar-refractivity contribution is 0.282. The molecule has 34 heavy (non-hydrogen) atoms. The standard InChI is InChI=1S/C29H27N3O2/c1-5-6-23-14-22(15-24(17-30)29-31-25-12-9-20(3)13-26(25)32-29)16-27(33-4)28(23)34-18-21-10-7-19(2)8-11-21/h5,7-16H,1,6,18H2,2-4H3,(H,31,32). The molecule has 0 saturated carbocycles. The molecule has 4 aromatic rings. The zero-order valence-corrected chi connectivity index (χ0v) is 19.7. The number of hydrogen-bond acceptors (Lipinski definition) is 4. The predicted molar refractivity (Wildman–Crippen MR) is 137 cm³/mol. The van der Waals surface area contributed by atoms with Gasteiger partial charge in [0.2, 0.25) is 0 Å². The molecule has 0 atom stereocenters. The summed E-state index contributed by atoms with van der Waals surface area (Å²) >= 11 is 0. The SMILES string of the molecule is C=CCc1cc(C=C(C#N)c2nc3ccc(C)cc3[nH]2)cc(OC)c1OCc1ccc(C)cc1. The van der Waals surface area contributed by atoms with Gasteiger partial charge in [-0.1, -0.05) is 42.0 Å². The molecule has 0 amide bonds. The number of nitrogens with zero attached hydrogens (tertiary/aromatic N) is 2. The molecule has 0 aliphatic heterocycles. The lowest BCUT2D eigenvalue weighted by Crippen LogP contribution is -2.02. The van der Waals surface area contributed by atoms with Crippen molar-refractivity contribution in [3.63, 3.8) is 0 Å². The zero-order valence-electron chi connectivity index (χ0n) is 19.7. The second-order valence-corrected chi connectivity index (χ2v) is 8.25. The third-order valence-corrected chi connectivity index (χ3v) is 5.57. The van der Waals surface area contributed by atoms with E-state index < -0.39 is 0 Å². The van der Waals surface area contributed by atoms with Gasteiger partial charge >= 0.3 is 0 Å². The number of ether oxygens (including phenoxy) is 2. The van der Waals surface area contributed by atoms with Crippen LogP contribution in [-0.4, -0.2) is 17.1 Å². The summed E-state index contributed by atoms with van der Waals surface area (Å²) in [5.41, 5.74) is 7.34. The third-order valence-electron chi connectivity index (χ3n) is 5.57. The van der Waals surface area contributed by atoms with Crippen molar-refractivity contribution in [2.45, 2.75) is 26.9 Å². The van der Waals surface area contributed by atoms with E-state index in [-0.39, 0.29) is 0 Å². The van der Waals surface area contributed by atoms with E-state index in [0.29, 0.717) is 35.9 Å². The summed E-state index contributed by atoms with van der Waals surface area (Å²) in [6.45, 7) is 8.40. The molecular formula is C29H27N3O2. The summed E-state index contributed by atoms with van der Waals surface area (Å²) < 4.78 is 11.9. The van der Waals surface area contributed by atoms with Crippen LogP contribution in [0.3, 0.4) is 0 Å². The first kappa shape index (κ1) is 22.9. The Bertz CT molecular complexity index is 1410. The van der Waals surface area contributed by atoms with Gasteiger partial charge in [-0.05, 0) is 67.3 Å². The lowest BCUT2D eigenvalue weighted by atomic mass is 10.0. The molecule has 5 heteroatoms. The molecule has 0 spiro atoms. The summed E-state index contributed by atoms with van der Waals surface area (Å²) in [5, 5.41) is 9.85. The van der Waals surface area contributed by atoms with E-state index in [4.69, 9.17) is 9.47 Å². The minimum absolute atomic E-state index is 0.428. The number of aromatic amines is 1. The highest BCUT2D eigenvalue weighted by atomic mass is 16.5. The first-order chi connectivity index (χ1) is 16.5. The maximum atomic E-state index is 9.85. The molecule has 0 unspecified atom stereocenters. The van der Waals surface area contributed by atoms with E-state index in [2.05, 4.69) is 53.8 Å². The number of allylic oxidation sites excluding steroid dienone is 2. The summed E-state index contributed by atoms with van der Waals surface area (Å²) in [7, 11) is 1.62. The fourth-order valence-electron chi connectivity index (χ4n) is 3.80. The number of fused-ring (bicyclic) bond motifs is 1. The minimum atomic E-state index is 0.428. The van der Waals surface area contributed by atoms with Gasteiger partial charge in [0, 0.05) is 5.56 Å². The van der Waals surface area contributed by atoms with Crippen molar-refractivity contribution in [2.75, 3.05) is 7.11 Å². The number of benzene rings is 3. The van der Waals surface area contributed by atoms with E-state index in [1.54, 1.807) is 7.11 Å². The Labute approximate surface area is 200 Å². The molecule has 0 aliphatic carbocycles. The van der Waals surface area contributed by atoms with Crippen LogP contribution < -0.4 is 9.47 Å². The van der Waals surface area contributed by atoms with Crippen LogP contribution in [0.4, 0.5) is 0 Å². The summed E-state index contributed by atoms with van der Waals surface area (Å²) in [6, 6.07) is 20.4. The van der Waals surface area contributed by atoms with Gasteiger partial charge in [0.05, 0.1) is 23.7 Å². The fourth-order valence-corrected chi connectivity index (χ4v) is 3.80. The van der Waals surface area contributed by atoms with Crippen molar-refractivity contribution in [2.24, 2.45) is 0 Å². The van der Waals surface area contributed by atoms with Crippen LogP contribution in [0.1, 0.15) is 33.6 Å². The van der Waals surface area contributed by atoms with Crippen LogP contribution in [0.15, 0.2) is 67.3 Å². The fraction of sp³-hybridized carbons (Fsp3) is 0.172. The molecule has 3 aromatic carbocycles. The number of rotatable bonds is 8. The Balaban J connectivity index is 1.69. The Morgan fingerprint density at radius 2 is 1.85 bits per heavy atom. The van der Waals surface area contributed by atoms with Crippen LogP contribution in [-0.2, 0) is 13.0 Å². The quantitative estimate of drug-likeness (QED) is 0.244. The summed E-state index contributed by atoms with van der Waals surface area (Å²) in [4.78, 5) is 7.85. The van der Waals surface area contributed by atoms with Crippen LogP contribution in [0.5, 0.6) is 11.5 Å². The zero-order chi connectivity index (χ0) is 24.1. The van der Waals surface area contributed by atoms with E-state index >= 15 is 0 Å². The summed E-state index contributed by atoms with van der Waals surface area (Å²) in [6.07, 6.45) is 4.24. The van der Waals surface area contributed by atoms with Gasteiger partial charge in [0.15, 0.2) is 11.5 Å². The van der Waals surface area contributed by atoms with Gasteiger partial charge in [0.1, 0.15) is 18.5 Å². The normalized spacial score (nSPS) is 11.3. The van der Waals surface area contributed by atoms with Crippen molar-refractivity contribution in [1.82, 2.24) is 9.97 Å². The molecule has 0 bridgehead atoms. The number of H-pyrrole nitrogens is 1. The second kappa shape index (κ2) is 10.1. The maximum absolute atomic E-state index is 9.85. The molecule has 1 heterocycles. The van der Waals surface area contributed by atoms with Crippen LogP contribution in [0, 0.1) is 25.2 Å². The highest BCUT2D eigenvalue weighted by Crippen LogP contribution is 2.35. The van der Waals surface area contributed by atoms with E-state index in [9.17, 15) is 5.26 Å². The first-order valence-electron chi connectivity index (χ1n) is 11.1. The van der Waals surface area contributed by atoms with Crippen molar-refractivity contribution in [3.05, 3.63) is 101 Å². The topological polar surface area (TPSA) is 70.9 Å². The largest absolute Gasteiger partial charge is 0.493 e. The lowest BCUT2D eigenvalue weighted by Gasteiger charge is -2.16. The molecule has 170 valence electrons. The second-order valence-electron chi connectivity index (χ2n) is 8.25. The Hall–Kier alpha value is -4.30. The number of nitrogens with one attached hydrogen (secondary N) is 1. The molecule has 0 radical (unpaired) electrons.